The Morgan fingerprint density at radius 3 is 2.43 bits per heavy atom. The normalized spacial score (nSPS) is 18.1. The highest BCUT2D eigenvalue weighted by Crippen LogP contribution is 2.10. The number of aldehydes is 1. The van der Waals surface area contributed by atoms with Crippen LogP contribution in [0.5, 0.6) is 0 Å². The molecular formula is C4H8INO. The minimum absolute atomic E-state index is 0.627. The number of hydrogen-bond acceptors (Lipinski definition) is 2. The quantitative estimate of drug-likeness (QED) is 0.317. The molecule has 42 valence electrons. The zero-order chi connectivity index (χ0) is 5.91. The SMILES string of the molecule is CCC(N)(I)C=O. The third-order valence-electron chi connectivity index (χ3n) is 0.738. The van der Waals surface area contributed by atoms with E-state index in [1.807, 2.05) is 29.5 Å². The van der Waals surface area contributed by atoms with Gasteiger partial charge in [-0.25, -0.2) is 0 Å². The summed E-state index contributed by atoms with van der Waals surface area (Å²) in [6.07, 6.45) is 1.45. The first-order valence-corrected chi connectivity index (χ1v) is 3.14. The largest absolute Gasteiger partial charge is 0.311 e. The Hall–Kier alpha value is 0.360. The highest BCUT2D eigenvalue weighted by Gasteiger charge is 2.14. The topological polar surface area (TPSA) is 43.1 Å². The van der Waals surface area contributed by atoms with Crippen molar-refractivity contribution in [1.29, 1.82) is 0 Å². The maximum Gasteiger partial charge on any atom is 0.149 e. The standard InChI is InChI=1S/C4H8INO/c1-2-4(5,6)3-7/h3H,2,6H2,1H3. The van der Waals surface area contributed by atoms with Crippen molar-refractivity contribution in [3.8, 4) is 0 Å². The molecule has 0 aromatic carbocycles. The van der Waals surface area contributed by atoms with Crippen LogP contribution in [0.15, 0.2) is 0 Å². The molecule has 7 heavy (non-hydrogen) atoms. The first-order chi connectivity index (χ1) is 3.12. The molecule has 0 aliphatic heterocycles. The predicted octanol–water partition coefficient (Wildman–Crippen LogP) is 0.685. The van der Waals surface area contributed by atoms with Gasteiger partial charge in [0, 0.05) is 0 Å². The Balaban J connectivity index is 3.58. The molecule has 0 spiro atoms. The minimum atomic E-state index is -0.627. The van der Waals surface area contributed by atoms with Gasteiger partial charge in [-0.05, 0) is 6.42 Å². The van der Waals surface area contributed by atoms with Crippen LogP contribution in [0, 0.1) is 0 Å². The van der Waals surface area contributed by atoms with Gasteiger partial charge in [-0.2, -0.15) is 0 Å². The zero-order valence-corrected chi connectivity index (χ0v) is 6.31. The summed E-state index contributed by atoms with van der Waals surface area (Å²) >= 11 is 1.91. The van der Waals surface area contributed by atoms with Crippen LogP contribution in [0.4, 0.5) is 0 Å². The van der Waals surface area contributed by atoms with Crippen LogP contribution >= 0.6 is 22.6 Å². The van der Waals surface area contributed by atoms with Crippen molar-refractivity contribution in [3.05, 3.63) is 0 Å². The van der Waals surface area contributed by atoms with Crippen molar-refractivity contribution in [2.45, 2.75) is 16.9 Å². The molecule has 0 amide bonds. The van der Waals surface area contributed by atoms with E-state index >= 15 is 0 Å². The Kier molecular flexibility index (Phi) is 2.75. The Morgan fingerprint density at radius 2 is 2.43 bits per heavy atom. The van der Waals surface area contributed by atoms with E-state index in [0.29, 0.717) is 6.42 Å². The Morgan fingerprint density at radius 1 is 2.00 bits per heavy atom. The van der Waals surface area contributed by atoms with Gasteiger partial charge in [0.2, 0.25) is 0 Å². The maximum absolute atomic E-state index is 9.93. The lowest BCUT2D eigenvalue weighted by Gasteiger charge is -2.08. The molecule has 0 radical (unpaired) electrons. The van der Waals surface area contributed by atoms with Crippen molar-refractivity contribution in [3.63, 3.8) is 0 Å². The Labute approximate surface area is 56.6 Å². The molecule has 2 N–H and O–H groups in total. The van der Waals surface area contributed by atoms with E-state index in [-0.39, 0.29) is 0 Å². The fourth-order valence-corrected chi connectivity index (χ4v) is 0.0833. The summed E-state index contributed by atoms with van der Waals surface area (Å²) < 4.78 is -0.627. The number of hydrogen-bond donors (Lipinski definition) is 1. The highest BCUT2D eigenvalue weighted by molar-refractivity contribution is 14.1. The maximum atomic E-state index is 9.93. The second kappa shape index (κ2) is 2.61. The lowest BCUT2D eigenvalue weighted by Crippen LogP contribution is -2.32. The molecule has 0 aromatic heterocycles. The highest BCUT2D eigenvalue weighted by atomic mass is 127. The van der Waals surface area contributed by atoms with Gasteiger partial charge in [0.15, 0.2) is 0 Å². The van der Waals surface area contributed by atoms with E-state index in [0.717, 1.165) is 6.29 Å². The number of rotatable bonds is 2. The lowest BCUT2D eigenvalue weighted by molar-refractivity contribution is -0.109. The van der Waals surface area contributed by atoms with Crippen molar-refractivity contribution in [2.24, 2.45) is 5.73 Å². The second-order valence-corrected chi connectivity index (χ2v) is 3.41. The van der Waals surface area contributed by atoms with Crippen LogP contribution in [0.1, 0.15) is 13.3 Å². The lowest BCUT2D eigenvalue weighted by atomic mass is 10.3. The van der Waals surface area contributed by atoms with Crippen LogP contribution in [0.2, 0.25) is 0 Å². The van der Waals surface area contributed by atoms with Crippen LogP contribution in [0.3, 0.4) is 0 Å². The van der Waals surface area contributed by atoms with Crippen LogP contribution < -0.4 is 5.73 Å². The molecule has 0 rings (SSSR count). The third-order valence-corrected chi connectivity index (χ3v) is 1.75. The number of alkyl halides is 1. The van der Waals surface area contributed by atoms with Crippen molar-refractivity contribution in [1.82, 2.24) is 0 Å². The number of carbonyl (C=O) groups excluding carboxylic acids is 1. The summed E-state index contributed by atoms with van der Waals surface area (Å²) in [7, 11) is 0. The molecule has 1 unspecified atom stereocenters. The van der Waals surface area contributed by atoms with E-state index in [4.69, 9.17) is 5.73 Å². The van der Waals surface area contributed by atoms with Gasteiger partial charge in [-0.15, -0.1) is 0 Å². The molecule has 0 fully saturated rings. The smallest absolute Gasteiger partial charge is 0.149 e. The third kappa shape index (κ3) is 2.99. The van der Waals surface area contributed by atoms with Gasteiger partial charge in [-0.1, -0.05) is 29.5 Å². The monoisotopic (exact) mass is 213 g/mol. The minimum Gasteiger partial charge on any atom is -0.311 e. The van der Waals surface area contributed by atoms with E-state index in [1.165, 1.54) is 0 Å². The Bertz CT molecular complexity index is 72.1. The van der Waals surface area contributed by atoms with Gasteiger partial charge >= 0.3 is 0 Å². The molecule has 1 atom stereocenters. The van der Waals surface area contributed by atoms with Gasteiger partial charge < -0.3 is 10.5 Å². The molecule has 0 heterocycles. The first-order valence-electron chi connectivity index (χ1n) is 2.06. The van der Waals surface area contributed by atoms with Gasteiger partial charge in [0.05, 0.1) is 0 Å². The molecule has 2 nitrogen and oxygen atoms in total. The van der Waals surface area contributed by atoms with Crippen molar-refractivity contribution >= 4 is 28.9 Å². The molecule has 0 saturated carbocycles. The summed E-state index contributed by atoms with van der Waals surface area (Å²) in [5.74, 6) is 0. The fraction of sp³-hybridized carbons (Fsp3) is 0.750. The summed E-state index contributed by atoms with van der Waals surface area (Å²) in [5, 5.41) is 0. The second-order valence-electron chi connectivity index (χ2n) is 1.40. The molecule has 0 bridgehead atoms. The number of halogens is 1. The summed E-state index contributed by atoms with van der Waals surface area (Å²) in [4.78, 5) is 9.93. The summed E-state index contributed by atoms with van der Waals surface area (Å²) in [6.45, 7) is 1.88. The molecule has 0 saturated heterocycles. The van der Waals surface area contributed by atoms with Gasteiger partial charge in [-0.3, -0.25) is 0 Å². The molecule has 0 aliphatic rings. The summed E-state index contributed by atoms with van der Waals surface area (Å²) in [5.41, 5.74) is 5.33. The van der Waals surface area contributed by atoms with Crippen molar-refractivity contribution in [2.75, 3.05) is 0 Å². The number of nitrogens with two attached hydrogens (primary N) is 1. The van der Waals surface area contributed by atoms with E-state index in [9.17, 15) is 4.79 Å². The van der Waals surface area contributed by atoms with Crippen LogP contribution in [-0.2, 0) is 4.79 Å². The van der Waals surface area contributed by atoms with E-state index < -0.39 is 3.55 Å². The number of carbonyl (C=O) groups is 1. The van der Waals surface area contributed by atoms with Crippen LogP contribution in [-0.4, -0.2) is 9.83 Å². The van der Waals surface area contributed by atoms with Gasteiger partial charge in [0.25, 0.3) is 0 Å². The van der Waals surface area contributed by atoms with E-state index in [2.05, 4.69) is 0 Å². The summed E-state index contributed by atoms with van der Waals surface area (Å²) in [6, 6.07) is 0. The molecule has 3 heteroatoms. The zero-order valence-electron chi connectivity index (χ0n) is 4.15. The fourth-order valence-electron chi connectivity index (χ4n) is 0.0833. The molecular weight excluding hydrogens is 205 g/mol. The van der Waals surface area contributed by atoms with Crippen molar-refractivity contribution < 1.29 is 4.79 Å². The molecule has 0 aliphatic carbocycles. The average molecular weight is 213 g/mol. The first kappa shape index (κ1) is 7.36. The van der Waals surface area contributed by atoms with Crippen LogP contribution in [0.25, 0.3) is 0 Å². The molecule has 0 aromatic rings. The predicted molar refractivity (Wildman–Crippen MR) is 37.3 cm³/mol. The van der Waals surface area contributed by atoms with E-state index in [1.54, 1.807) is 0 Å². The average Bonchev–Trinajstić information content (AvgIpc) is 1.68. The van der Waals surface area contributed by atoms with Gasteiger partial charge in [0.1, 0.15) is 9.83 Å².